The smallest absolute Gasteiger partial charge is 0.133 e. The number of anilines is 1. The van der Waals surface area contributed by atoms with E-state index < -0.39 is 0 Å². The number of rotatable bonds is 6. The predicted octanol–water partition coefficient (Wildman–Crippen LogP) is 1.99. The van der Waals surface area contributed by atoms with Crippen molar-refractivity contribution in [3.05, 3.63) is 23.9 Å². The fourth-order valence-electron chi connectivity index (χ4n) is 1.64. The van der Waals surface area contributed by atoms with Crippen molar-refractivity contribution in [2.75, 3.05) is 31.0 Å². The van der Waals surface area contributed by atoms with E-state index in [-0.39, 0.29) is 0 Å². The van der Waals surface area contributed by atoms with Crippen LogP contribution in [0.1, 0.15) is 12.5 Å². The number of nitrogens with one attached hydrogen (secondary N) is 1. The van der Waals surface area contributed by atoms with Crippen LogP contribution >= 0.6 is 11.8 Å². The van der Waals surface area contributed by atoms with E-state index in [0.29, 0.717) is 6.04 Å². The van der Waals surface area contributed by atoms with E-state index in [1.54, 1.807) is 0 Å². The number of nitrogens with zero attached hydrogens (tertiary/aromatic N) is 2. The predicted molar refractivity (Wildman–Crippen MR) is 73.2 cm³/mol. The van der Waals surface area contributed by atoms with Gasteiger partial charge in [-0.25, -0.2) is 4.98 Å². The zero-order chi connectivity index (χ0) is 12.0. The molecule has 1 rings (SSSR count). The number of hydrogen-bond acceptors (Lipinski definition) is 4. The normalized spacial score (nSPS) is 12.5. The van der Waals surface area contributed by atoms with Crippen LogP contribution in [0.5, 0.6) is 0 Å². The summed E-state index contributed by atoms with van der Waals surface area (Å²) in [6.45, 7) is 3.09. The van der Waals surface area contributed by atoms with Gasteiger partial charge in [0.25, 0.3) is 0 Å². The van der Waals surface area contributed by atoms with Gasteiger partial charge in [-0.05, 0) is 26.3 Å². The molecule has 0 aliphatic carbocycles. The van der Waals surface area contributed by atoms with E-state index in [1.165, 1.54) is 5.56 Å². The van der Waals surface area contributed by atoms with Gasteiger partial charge in [-0.2, -0.15) is 11.8 Å². The fourth-order valence-corrected chi connectivity index (χ4v) is 2.34. The van der Waals surface area contributed by atoms with Crippen LogP contribution in [0.15, 0.2) is 18.3 Å². The number of pyridine rings is 1. The second-order valence-electron chi connectivity index (χ2n) is 3.93. The Morgan fingerprint density at radius 2 is 2.31 bits per heavy atom. The summed E-state index contributed by atoms with van der Waals surface area (Å²) in [5.41, 5.74) is 1.25. The monoisotopic (exact) mass is 239 g/mol. The molecular weight excluding hydrogens is 218 g/mol. The van der Waals surface area contributed by atoms with Crippen molar-refractivity contribution >= 4 is 17.6 Å². The van der Waals surface area contributed by atoms with Gasteiger partial charge in [0.1, 0.15) is 5.82 Å². The third-order valence-electron chi connectivity index (χ3n) is 2.64. The average molecular weight is 239 g/mol. The minimum atomic E-state index is 0.500. The van der Waals surface area contributed by atoms with Gasteiger partial charge in [0.2, 0.25) is 0 Å². The van der Waals surface area contributed by atoms with Gasteiger partial charge in [0.05, 0.1) is 0 Å². The zero-order valence-electron chi connectivity index (χ0n) is 10.5. The largest absolute Gasteiger partial charge is 0.356 e. The Labute approximate surface area is 103 Å². The van der Waals surface area contributed by atoms with Gasteiger partial charge in [-0.15, -0.1) is 0 Å². The van der Waals surface area contributed by atoms with Crippen molar-refractivity contribution in [1.29, 1.82) is 0 Å². The van der Waals surface area contributed by atoms with Crippen LogP contribution in [0.3, 0.4) is 0 Å². The summed E-state index contributed by atoms with van der Waals surface area (Å²) in [6.07, 6.45) is 3.99. The fraction of sp³-hybridized carbons (Fsp3) is 0.583. The van der Waals surface area contributed by atoms with E-state index in [0.717, 1.165) is 18.1 Å². The SMILES string of the molecule is CNCc1cccnc1N(C)C(C)CSC. The highest BCUT2D eigenvalue weighted by Crippen LogP contribution is 2.18. The standard InChI is InChI=1S/C12H21N3S/c1-10(9-16-4)15(3)12-11(8-13-2)6-5-7-14-12/h5-7,10,13H,8-9H2,1-4H3. The van der Waals surface area contributed by atoms with Crippen molar-refractivity contribution in [3.63, 3.8) is 0 Å². The number of thioether (sulfide) groups is 1. The third-order valence-corrected chi connectivity index (χ3v) is 3.45. The molecule has 0 aliphatic heterocycles. The lowest BCUT2D eigenvalue weighted by atomic mass is 10.2. The van der Waals surface area contributed by atoms with E-state index in [9.17, 15) is 0 Å². The molecule has 90 valence electrons. The maximum atomic E-state index is 4.48. The molecule has 0 saturated heterocycles. The van der Waals surface area contributed by atoms with Crippen LogP contribution in [0.25, 0.3) is 0 Å². The summed E-state index contributed by atoms with van der Waals surface area (Å²) < 4.78 is 0. The Balaban J connectivity index is 2.84. The van der Waals surface area contributed by atoms with E-state index in [4.69, 9.17) is 0 Å². The van der Waals surface area contributed by atoms with Gasteiger partial charge in [0, 0.05) is 37.1 Å². The first-order valence-corrected chi connectivity index (χ1v) is 6.90. The van der Waals surface area contributed by atoms with E-state index in [2.05, 4.69) is 41.5 Å². The Bertz CT molecular complexity index is 317. The highest BCUT2D eigenvalue weighted by atomic mass is 32.2. The van der Waals surface area contributed by atoms with Crippen LogP contribution in [-0.4, -0.2) is 37.1 Å². The Morgan fingerprint density at radius 1 is 1.56 bits per heavy atom. The van der Waals surface area contributed by atoms with Crippen LogP contribution in [0.2, 0.25) is 0 Å². The van der Waals surface area contributed by atoms with Crippen LogP contribution in [0, 0.1) is 0 Å². The molecule has 1 N–H and O–H groups in total. The Kier molecular flexibility index (Phi) is 5.63. The molecule has 1 unspecified atom stereocenters. The number of hydrogen-bond donors (Lipinski definition) is 1. The molecule has 0 fully saturated rings. The minimum absolute atomic E-state index is 0.500. The molecule has 0 spiro atoms. The molecule has 0 aromatic carbocycles. The summed E-state index contributed by atoms with van der Waals surface area (Å²) in [5, 5.41) is 3.18. The van der Waals surface area contributed by atoms with Gasteiger partial charge in [-0.1, -0.05) is 6.07 Å². The highest BCUT2D eigenvalue weighted by Gasteiger charge is 2.13. The quantitative estimate of drug-likeness (QED) is 0.822. The summed E-state index contributed by atoms with van der Waals surface area (Å²) in [5.74, 6) is 2.20. The first-order chi connectivity index (χ1) is 7.70. The summed E-state index contributed by atoms with van der Waals surface area (Å²) in [6, 6.07) is 4.62. The first-order valence-electron chi connectivity index (χ1n) is 5.51. The molecule has 1 atom stereocenters. The molecule has 0 bridgehead atoms. The lowest BCUT2D eigenvalue weighted by Gasteiger charge is -2.27. The van der Waals surface area contributed by atoms with Crippen molar-refractivity contribution in [3.8, 4) is 0 Å². The van der Waals surface area contributed by atoms with Crippen molar-refractivity contribution in [1.82, 2.24) is 10.3 Å². The van der Waals surface area contributed by atoms with E-state index in [1.807, 2.05) is 31.1 Å². The van der Waals surface area contributed by atoms with Gasteiger partial charge in [0.15, 0.2) is 0 Å². The Morgan fingerprint density at radius 3 is 2.94 bits per heavy atom. The molecular formula is C12H21N3S. The zero-order valence-corrected chi connectivity index (χ0v) is 11.3. The Hall–Kier alpha value is -0.740. The highest BCUT2D eigenvalue weighted by molar-refractivity contribution is 7.98. The molecule has 0 saturated carbocycles. The lowest BCUT2D eigenvalue weighted by molar-refractivity contribution is 0.734. The second kappa shape index (κ2) is 6.76. The number of aromatic nitrogens is 1. The molecule has 0 amide bonds. The summed E-state index contributed by atoms with van der Waals surface area (Å²) in [7, 11) is 4.07. The lowest BCUT2D eigenvalue weighted by Crippen LogP contribution is -2.32. The summed E-state index contributed by atoms with van der Waals surface area (Å²) in [4.78, 5) is 6.73. The molecule has 16 heavy (non-hydrogen) atoms. The second-order valence-corrected chi connectivity index (χ2v) is 4.84. The maximum Gasteiger partial charge on any atom is 0.133 e. The molecule has 3 nitrogen and oxygen atoms in total. The van der Waals surface area contributed by atoms with Crippen LogP contribution in [0.4, 0.5) is 5.82 Å². The van der Waals surface area contributed by atoms with E-state index >= 15 is 0 Å². The minimum Gasteiger partial charge on any atom is -0.356 e. The van der Waals surface area contributed by atoms with Crippen LogP contribution < -0.4 is 10.2 Å². The molecule has 1 aromatic heterocycles. The third kappa shape index (κ3) is 3.39. The summed E-state index contributed by atoms with van der Waals surface area (Å²) >= 11 is 1.87. The molecule has 4 heteroatoms. The van der Waals surface area contributed by atoms with Crippen molar-refractivity contribution in [2.45, 2.75) is 19.5 Å². The van der Waals surface area contributed by atoms with Gasteiger partial charge in [-0.3, -0.25) is 0 Å². The van der Waals surface area contributed by atoms with Crippen molar-refractivity contribution in [2.24, 2.45) is 0 Å². The van der Waals surface area contributed by atoms with Crippen molar-refractivity contribution < 1.29 is 0 Å². The average Bonchev–Trinajstić information content (AvgIpc) is 2.29. The topological polar surface area (TPSA) is 28.2 Å². The molecule has 0 aliphatic rings. The first kappa shape index (κ1) is 13.3. The molecule has 0 radical (unpaired) electrons. The van der Waals surface area contributed by atoms with Gasteiger partial charge < -0.3 is 10.2 Å². The van der Waals surface area contributed by atoms with Crippen LogP contribution in [-0.2, 0) is 6.54 Å². The molecule has 1 heterocycles. The maximum absolute atomic E-state index is 4.48. The molecule has 1 aromatic rings. The van der Waals surface area contributed by atoms with Gasteiger partial charge >= 0.3 is 0 Å².